The van der Waals surface area contributed by atoms with Crippen LogP contribution in [0.1, 0.15) is 57.8 Å². The maximum atomic E-state index is 13.4. The molecule has 1 heterocycles. The lowest BCUT2D eigenvalue weighted by Crippen LogP contribution is -2.49. The minimum Gasteiger partial charge on any atom is -0.458 e. The van der Waals surface area contributed by atoms with Gasteiger partial charge in [-0.1, -0.05) is 36.8 Å². The zero-order valence-corrected chi connectivity index (χ0v) is 18.8. The first-order chi connectivity index (χ1) is 14.5. The molecule has 1 aliphatic carbocycles. The summed E-state index contributed by atoms with van der Waals surface area (Å²) in [6.45, 7) is 8.92. The lowest BCUT2D eigenvalue weighted by Gasteiger charge is -2.31. The number of hydrogen-bond acceptors (Lipinski definition) is 5. The first kappa shape index (κ1) is 22.7. The predicted octanol–water partition coefficient (Wildman–Crippen LogP) is 3.79. The van der Waals surface area contributed by atoms with Crippen molar-refractivity contribution in [3.63, 3.8) is 0 Å². The molecule has 1 fully saturated rings. The molecule has 1 saturated heterocycles. The van der Waals surface area contributed by atoms with Gasteiger partial charge < -0.3 is 4.74 Å². The third kappa shape index (κ3) is 4.86. The van der Waals surface area contributed by atoms with E-state index in [1.165, 1.54) is 5.57 Å². The van der Waals surface area contributed by atoms with Crippen molar-refractivity contribution >= 4 is 23.8 Å². The van der Waals surface area contributed by atoms with Gasteiger partial charge in [0.05, 0.1) is 6.54 Å². The summed E-state index contributed by atoms with van der Waals surface area (Å²) in [5.74, 6) is -2.05. The Morgan fingerprint density at radius 1 is 1.10 bits per heavy atom. The average molecular weight is 427 g/mol. The highest BCUT2D eigenvalue weighted by Crippen LogP contribution is 2.33. The maximum absolute atomic E-state index is 13.4. The highest BCUT2D eigenvalue weighted by Gasteiger charge is 2.51. The zero-order chi connectivity index (χ0) is 22.9. The van der Waals surface area contributed by atoms with Crippen molar-refractivity contribution in [3.8, 4) is 0 Å². The van der Waals surface area contributed by atoms with E-state index in [0.717, 1.165) is 16.2 Å². The summed E-state index contributed by atoms with van der Waals surface area (Å²) in [7, 11) is 0. The van der Waals surface area contributed by atoms with Crippen LogP contribution in [0.25, 0.3) is 0 Å². The van der Waals surface area contributed by atoms with E-state index >= 15 is 0 Å². The molecule has 166 valence electrons. The van der Waals surface area contributed by atoms with E-state index in [4.69, 9.17) is 4.74 Å². The number of benzene rings is 1. The maximum Gasteiger partial charge on any atom is 0.334 e. The van der Waals surface area contributed by atoms with Crippen molar-refractivity contribution in [2.75, 3.05) is 6.54 Å². The molecule has 0 spiro atoms. The fourth-order valence-electron chi connectivity index (χ4n) is 4.12. The highest BCUT2D eigenvalue weighted by atomic mass is 16.6. The van der Waals surface area contributed by atoms with Crippen LogP contribution in [-0.4, -0.2) is 51.8 Å². The van der Waals surface area contributed by atoms with Crippen LogP contribution in [0.4, 0.5) is 4.79 Å². The molecule has 1 aliphatic heterocycles. The SMILES string of the molecule is CC1=CC[C@H](C(=O)N2C(=O)N(C(=O)c3ccccc3)C[C@H]2C(=O)OC(C)(C)C)[C@@H](C)C1. The second-order valence-electron chi connectivity index (χ2n) is 9.40. The first-order valence-electron chi connectivity index (χ1n) is 10.6. The Bertz CT molecular complexity index is 916. The second kappa shape index (κ2) is 8.65. The van der Waals surface area contributed by atoms with Gasteiger partial charge in [0.15, 0.2) is 6.04 Å². The number of ether oxygens (including phenoxy) is 1. The van der Waals surface area contributed by atoms with Gasteiger partial charge >= 0.3 is 12.0 Å². The van der Waals surface area contributed by atoms with Crippen LogP contribution in [0.3, 0.4) is 0 Å². The van der Waals surface area contributed by atoms with Crippen molar-refractivity contribution < 1.29 is 23.9 Å². The summed E-state index contributed by atoms with van der Waals surface area (Å²) in [6, 6.07) is 6.42. The standard InChI is InChI=1S/C24H30N2O5/c1-15-11-12-18(16(2)13-15)21(28)26-19(22(29)31-24(3,4)5)14-25(23(26)30)20(27)17-9-7-6-8-10-17/h6-11,16,18-19H,12-14H2,1-5H3/t16-,18-,19-/m0/s1. The van der Waals surface area contributed by atoms with Gasteiger partial charge in [0, 0.05) is 11.5 Å². The Balaban J connectivity index is 1.92. The van der Waals surface area contributed by atoms with Crippen LogP contribution in [-0.2, 0) is 14.3 Å². The number of allylic oxidation sites excluding steroid dienone is 2. The monoisotopic (exact) mass is 426 g/mol. The molecule has 7 nitrogen and oxygen atoms in total. The number of carbonyl (C=O) groups excluding carboxylic acids is 4. The molecular formula is C24H30N2O5. The van der Waals surface area contributed by atoms with Gasteiger partial charge in [-0.05, 0) is 58.6 Å². The van der Waals surface area contributed by atoms with Crippen molar-refractivity contribution in [2.24, 2.45) is 11.8 Å². The van der Waals surface area contributed by atoms with E-state index in [1.54, 1.807) is 51.1 Å². The molecule has 7 heteroatoms. The smallest absolute Gasteiger partial charge is 0.334 e. The van der Waals surface area contributed by atoms with Crippen molar-refractivity contribution in [2.45, 2.75) is 59.1 Å². The second-order valence-corrected chi connectivity index (χ2v) is 9.40. The van der Waals surface area contributed by atoms with Crippen LogP contribution in [0.5, 0.6) is 0 Å². The Hall–Kier alpha value is -2.96. The summed E-state index contributed by atoms with van der Waals surface area (Å²) in [6.07, 6.45) is 3.25. The van der Waals surface area contributed by atoms with Crippen molar-refractivity contribution in [1.82, 2.24) is 9.80 Å². The van der Waals surface area contributed by atoms with E-state index in [0.29, 0.717) is 12.0 Å². The number of amides is 4. The first-order valence-corrected chi connectivity index (χ1v) is 10.6. The minimum absolute atomic E-state index is 0.0310. The molecular weight excluding hydrogens is 396 g/mol. The fourth-order valence-corrected chi connectivity index (χ4v) is 4.12. The van der Waals surface area contributed by atoms with E-state index in [1.807, 2.05) is 19.9 Å². The third-order valence-electron chi connectivity index (χ3n) is 5.65. The highest BCUT2D eigenvalue weighted by molar-refractivity contribution is 6.12. The number of rotatable bonds is 3. The molecule has 0 aromatic heterocycles. The average Bonchev–Trinajstić information content (AvgIpc) is 3.03. The summed E-state index contributed by atoms with van der Waals surface area (Å²) < 4.78 is 5.48. The molecule has 0 unspecified atom stereocenters. The molecule has 0 bridgehead atoms. The normalized spacial score (nSPS) is 24.1. The number of imide groups is 2. The lowest BCUT2D eigenvalue weighted by atomic mass is 9.80. The van der Waals surface area contributed by atoms with Gasteiger partial charge in [-0.3, -0.25) is 14.5 Å². The predicted molar refractivity (Wildman–Crippen MR) is 115 cm³/mol. The van der Waals surface area contributed by atoms with E-state index in [2.05, 4.69) is 0 Å². The Labute approximate surface area is 183 Å². The van der Waals surface area contributed by atoms with Crippen LogP contribution in [0.15, 0.2) is 42.0 Å². The van der Waals surface area contributed by atoms with Crippen molar-refractivity contribution in [3.05, 3.63) is 47.5 Å². The Morgan fingerprint density at radius 3 is 2.32 bits per heavy atom. The number of nitrogens with zero attached hydrogens (tertiary/aromatic N) is 2. The van der Waals surface area contributed by atoms with E-state index in [-0.39, 0.29) is 12.5 Å². The van der Waals surface area contributed by atoms with E-state index in [9.17, 15) is 19.2 Å². The Morgan fingerprint density at radius 2 is 1.74 bits per heavy atom. The fraction of sp³-hybridized carbons (Fsp3) is 0.500. The van der Waals surface area contributed by atoms with Crippen LogP contribution >= 0.6 is 0 Å². The quantitative estimate of drug-likeness (QED) is 0.542. The van der Waals surface area contributed by atoms with Gasteiger partial charge in [0.1, 0.15) is 5.60 Å². The number of urea groups is 1. The third-order valence-corrected chi connectivity index (χ3v) is 5.65. The molecule has 0 radical (unpaired) electrons. The van der Waals surface area contributed by atoms with Crippen LogP contribution in [0.2, 0.25) is 0 Å². The van der Waals surface area contributed by atoms with Gasteiger partial charge in [-0.25, -0.2) is 14.5 Å². The summed E-state index contributed by atoms with van der Waals surface area (Å²) in [5.41, 5.74) is 0.732. The molecule has 31 heavy (non-hydrogen) atoms. The molecule has 2 aliphatic rings. The molecule has 3 rings (SSSR count). The van der Waals surface area contributed by atoms with Gasteiger partial charge in [0.2, 0.25) is 5.91 Å². The molecule has 3 atom stereocenters. The number of carbonyl (C=O) groups is 4. The topological polar surface area (TPSA) is 84.0 Å². The Kier molecular flexibility index (Phi) is 6.34. The molecule has 1 aromatic rings. The lowest BCUT2D eigenvalue weighted by molar-refractivity contribution is -0.162. The molecule has 0 saturated carbocycles. The molecule has 4 amide bonds. The molecule has 0 N–H and O–H groups in total. The number of hydrogen-bond donors (Lipinski definition) is 0. The minimum atomic E-state index is -1.16. The summed E-state index contributed by atoms with van der Waals surface area (Å²) in [4.78, 5) is 54.5. The number of esters is 1. The zero-order valence-electron chi connectivity index (χ0n) is 18.8. The van der Waals surface area contributed by atoms with Gasteiger partial charge in [-0.15, -0.1) is 0 Å². The van der Waals surface area contributed by atoms with E-state index < -0.39 is 41.4 Å². The van der Waals surface area contributed by atoms with Crippen LogP contribution < -0.4 is 0 Å². The van der Waals surface area contributed by atoms with Gasteiger partial charge in [0.25, 0.3) is 5.91 Å². The summed E-state index contributed by atoms with van der Waals surface area (Å²) >= 11 is 0. The summed E-state index contributed by atoms with van der Waals surface area (Å²) in [5, 5.41) is 0. The van der Waals surface area contributed by atoms with Crippen molar-refractivity contribution in [1.29, 1.82) is 0 Å². The molecule has 1 aromatic carbocycles. The largest absolute Gasteiger partial charge is 0.458 e. The van der Waals surface area contributed by atoms with Crippen LogP contribution in [0, 0.1) is 11.8 Å². The van der Waals surface area contributed by atoms with Gasteiger partial charge in [-0.2, -0.15) is 0 Å².